The second-order valence-corrected chi connectivity index (χ2v) is 5.18. The van der Waals surface area contributed by atoms with Gasteiger partial charge in [-0.05, 0) is 19.8 Å². The monoisotopic (exact) mass is 241 g/mol. The average molecular weight is 241 g/mol. The number of carbonyl (C=O) groups is 1. The van der Waals surface area contributed by atoms with E-state index in [0.717, 1.165) is 10.7 Å². The van der Waals surface area contributed by atoms with Crippen molar-refractivity contribution in [1.29, 1.82) is 0 Å². The molecule has 1 aromatic rings. The Morgan fingerprint density at radius 3 is 2.69 bits per heavy atom. The summed E-state index contributed by atoms with van der Waals surface area (Å²) in [5, 5.41) is 2.94. The van der Waals surface area contributed by atoms with Crippen molar-refractivity contribution in [3.63, 3.8) is 0 Å². The third-order valence-corrected chi connectivity index (χ3v) is 3.11. The predicted molar refractivity (Wildman–Crippen MR) is 65.8 cm³/mol. The maximum absolute atomic E-state index is 12.0. The minimum absolute atomic E-state index is 0.127. The third kappa shape index (κ3) is 3.68. The molecule has 0 aliphatic rings. The molecule has 1 rings (SSSR count). The van der Waals surface area contributed by atoms with E-state index in [1.807, 2.05) is 33.1 Å². The number of ether oxygens (including phenoxy) is 1. The number of rotatable bonds is 6. The molecule has 1 atom stereocenters. The van der Waals surface area contributed by atoms with Gasteiger partial charge in [0.15, 0.2) is 5.78 Å². The van der Waals surface area contributed by atoms with E-state index >= 15 is 0 Å². The van der Waals surface area contributed by atoms with Gasteiger partial charge in [0.25, 0.3) is 0 Å². The Kier molecular flexibility index (Phi) is 5.09. The molecule has 0 N–H and O–H groups in total. The van der Waals surface area contributed by atoms with Crippen molar-refractivity contribution in [3.05, 3.63) is 16.1 Å². The summed E-state index contributed by atoms with van der Waals surface area (Å²) in [5.74, 6) is 0.342. The normalized spacial score (nSPS) is 13.1. The highest BCUT2D eigenvalue weighted by Gasteiger charge is 2.22. The molecule has 1 heterocycles. The van der Waals surface area contributed by atoms with Gasteiger partial charge in [0.2, 0.25) is 0 Å². The highest BCUT2D eigenvalue weighted by Crippen LogP contribution is 2.13. The van der Waals surface area contributed by atoms with Crippen LogP contribution >= 0.6 is 11.3 Å². The Labute approximate surface area is 101 Å². The van der Waals surface area contributed by atoms with Gasteiger partial charge in [0.05, 0.1) is 17.1 Å². The van der Waals surface area contributed by atoms with Gasteiger partial charge in [-0.15, -0.1) is 11.3 Å². The van der Waals surface area contributed by atoms with E-state index in [1.165, 1.54) is 0 Å². The predicted octanol–water partition coefficient (Wildman–Crippen LogP) is 2.62. The maximum atomic E-state index is 12.0. The van der Waals surface area contributed by atoms with Crippen LogP contribution in [0.1, 0.15) is 31.5 Å². The summed E-state index contributed by atoms with van der Waals surface area (Å²) < 4.78 is 5.47. The highest BCUT2D eigenvalue weighted by molar-refractivity contribution is 7.09. The molecule has 90 valence electrons. The first-order chi connectivity index (χ1) is 7.54. The number of carbonyl (C=O) groups excluding carboxylic acids is 1. The molecule has 0 radical (unpaired) electrons. The second kappa shape index (κ2) is 6.11. The fourth-order valence-electron chi connectivity index (χ4n) is 1.61. The van der Waals surface area contributed by atoms with Crippen LogP contribution in [-0.4, -0.2) is 23.5 Å². The van der Waals surface area contributed by atoms with Gasteiger partial charge in [-0.2, -0.15) is 0 Å². The summed E-state index contributed by atoms with van der Waals surface area (Å²) in [6.45, 7) is 8.44. The van der Waals surface area contributed by atoms with Gasteiger partial charge in [-0.1, -0.05) is 13.8 Å². The summed E-state index contributed by atoms with van der Waals surface area (Å²) in [4.78, 5) is 16.3. The number of aryl methyl sites for hydroxylation is 1. The van der Waals surface area contributed by atoms with Crippen LogP contribution in [0.5, 0.6) is 0 Å². The van der Waals surface area contributed by atoms with Crippen LogP contribution in [0.25, 0.3) is 0 Å². The van der Waals surface area contributed by atoms with Crippen LogP contribution in [0.15, 0.2) is 5.38 Å². The zero-order chi connectivity index (χ0) is 12.1. The number of hydrogen-bond acceptors (Lipinski definition) is 4. The van der Waals surface area contributed by atoms with Crippen LogP contribution in [-0.2, 0) is 16.0 Å². The van der Waals surface area contributed by atoms with Crippen LogP contribution in [0.2, 0.25) is 0 Å². The number of nitrogens with zero attached hydrogens (tertiary/aromatic N) is 1. The largest absolute Gasteiger partial charge is 0.370 e. The van der Waals surface area contributed by atoms with Crippen molar-refractivity contribution >= 4 is 17.1 Å². The van der Waals surface area contributed by atoms with Gasteiger partial charge < -0.3 is 4.74 Å². The van der Waals surface area contributed by atoms with Gasteiger partial charge in [-0.3, -0.25) is 4.79 Å². The molecule has 3 nitrogen and oxygen atoms in total. The van der Waals surface area contributed by atoms with Crippen LogP contribution in [0.3, 0.4) is 0 Å². The fraction of sp³-hybridized carbons (Fsp3) is 0.667. The van der Waals surface area contributed by atoms with Gasteiger partial charge in [-0.25, -0.2) is 4.98 Å². The van der Waals surface area contributed by atoms with Gasteiger partial charge in [0.1, 0.15) is 6.10 Å². The molecule has 4 heteroatoms. The first-order valence-electron chi connectivity index (χ1n) is 5.60. The van der Waals surface area contributed by atoms with E-state index in [0.29, 0.717) is 13.0 Å². The quantitative estimate of drug-likeness (QED) is 0.768. The van der Waals surface area contributed by atoms with Gasteiger partial charge >= 0.3 is 0 Å². The Morgan fingerprint density at radius 1 is 1.56 bits per heavy atom. The van der Waals surface area contributed by atoms with E-state index in [-0.39, 0.29) is 17.8 Å². The summed E-state index contributed by atoms with van der Waals surface area (Å²) in [7, 11) is 0. The molecule has 0 fully saturated rings. The first-order valence-corrected chi connectivity index (χ1v) is 6.47. The van der Waals surface area contributed by atoms with E-state index in [2.05, 4.69) is 4.98 Å². The highest BCUT2D eigenvalue weighted by atomic mass is 32.1. The second-order valence-electron chi connectivity index (χ2n) is 4.12. The molecule has 0 saturated carbocycles. The Hall–Kier alpha value is -0.740. The number of hydrogen-bond donors (Lipinski definition) is 0. The van der Waals surface area contributed by atoms with Crippen molar-refractivity contribution in [1.82, 2.24) is 4.98 Å². The lowest BCUT2D eigenvalue weighted by atomic mass is 10.00. The number of thiazole rings is 1. The minimum atomic E-state index is -0.299. The van der Waals surface area contributed by atoms with Crippen molar-refractivity contribution in [2.45, 2.75) is 40.2 Å². The number of ketones is 1. The van der Waals surface area contributed by atoms with Crippen LogP contribution in [0.4, 0.5) is 0 Å². The standard InChI is InChI=1S/C12H19NO2S/c1-5-15-12(8(2)3)11(14)6-10-7-16-9(4)13-10/h7-8,12H,5-6H2,1-4H3. The van der Waals surface area contributed by atoms with Crippen molar-refractivity contribution in [2.24, 2.45) is 5.92 Å². The molecule has 0 spiro atoms. The lowest BCUT2D eigenvalue weighted by Gasteiger charge is -2.18. The number of Topliss-reactive ketones (excluding diaryl/α,β-unsaturated/α-hetero) is 1. The molecular weight excluding hydrogens is 222 g/mol. The lowest BCUT2D eigenvalue weighted by Crippen LogP contribution is -2.31. The van der Waals surface area contributed by atoms with Crippen LogP contribution in [0, 0.1) is 12.8 Å². The smallest absolute Gasteiger partial charge is 0.167 e. The first kappa shape index (κ1) is 13.3. The molecule has 0 amide bonds. The summed E-state index contributed by atoms with van der Waals surface area (Å²) >= 11 is 1.58. The molecular formula is C12H19NO2S. The molecule has 0 saturated heterocycles. The molecule has 1 unspecified atom stereocenters. The van der Waals surface area contributed by atoms with Crippen molar-refractivity contribution in [2.75, 3.05) is 6.61 Å². The SMILES string of the molecule is CCOC(C(=O)Cc1csc(C)n1)C(C)C. The Balaban J connectivity index is 2.61. The molecule has 0 aliphatic heterocycles. The van der Waals surface area contributed by atoms with Gasteiger partial charge in [0, 0.05) is 12.0 Å². The molecule has 0 bridgehead atoms. The number of aromatic nitrogens is 1. The molecule has 0 aromatic carbocycles. The lowest BCUT2D eigenvalue weighted by molar-refractivity contribution is -0.132. The third-order valence-electron chi connectivity index (χ3n) is 2.29. The Morgan fingerprint density at radius 2 is 2.25 bits per heavy atom. The molecule has 0 aliphatic carbocycles. The fourth-order valence-corrected chi connectivity index (χ4v) is 2.22. The van der Waals surface area contributed by atoms with E-state index in [1.54, 1.807) is 11.3 Å². The topological polar surface area (TPSA) is 39.2 Å². The van der Waals surface area contributed by atoms with Crippen molar-refractivity contribution in [3.8, 4) is 0 Å². The Bertz CT molecular complexity index is 347. The minimum Gasteiger partial charge on any atom is -0.370 e. The van der Waals surface area contributed by atoms with Crippen LogP contribution < -0.4 is 0 Å². The summed E-state index contributed by atoms with van der Waals surface area (Å²) in [6.07, 6.45) is 0.0831. The average Bonchev–Trinajstić information content (AvgIpc) is 2.59. The summed E-state index contributed by atoms with van der Waals surface area (Å²) in [5.41, 5.74) is 0.859. The van der Waals surface area contributed by atoms with E-state index in [9.17, 15) is 4.79 Å². The molecule has 16 heavy (non-hydrogen) atoms. The molecule has 1 aromatic heterocycles. The summed E-state index contributed by atoms with van der Waals surface area (Å²) in [6, 6.07) is 0. The van der Waals surface area contributed by atoms with E-state index < -0.39 is 0 Å². The maximum Gasteiger partial charge on any atom is 0.167 e. The zero-order valence-electron chi connectivity index (χ0n) is 10.3. The zero-order valence-corrected chi connectivity index (χ0v) is 11.1. The van der Waals surface area contributed by atoms with E-state index in [4.69, 9.17) is 4.74 Å². The van der Waals surface area contributed by atoms with Crippen molar-refractivity contribution < 1.29 is 9.53 Å².